The highest BCUT2D eigenvalue weighted by molar-refractivity contribution is 6.30. The molecule has 3 rings (SSSR count). The van der Waals surface area contributed by atoms with Crippen molar-refractivity contribution in [2.24, 2.45) is 5.73 Å². The second kappa shape index (κ2) is 8.59. The Hall–Kier alpha value is -1.63. The summed E-state index contributed by atoms with van der Waals surface area (Å²) in [7, 11) is 1.59. The number of piperazine rings is 1. The maximum Gasteiger partial charge on any atom is 0.242 e. The molecule has 27 heavy (non-hydrogen) atoms. The quantitative estimate of drug-likeness (QED) is 0.799. The van der Waals surface area contributed by atoms with Crippen LogP contribution in [0.4, 0.5) is 0 Å². The second-order valence-corrected chi connectivity index (χ2v) is 7.99. The second-order valence-electron chi connectivity index (χ2n) is 7.56. The Morgan fingerprint density at radius 1 is 1.22 bits per heavy atom. The lowest BCUT2D eigenvalue weighted by molar-refractivity contribution is -0.153. The van der Waals surface area contributed by atoms with Crippen LogP contribution in [0.2, 0.25) is 5.02 Å². The lowest BCUT2D eigenvalue weighted by atomic mass is 9.68. The van der Waals surface area contributed by atoms with E-state index in [4.69, 9.17) is 22.1 Å². The Morgan fingerprint density at radius 2 is 1.96 bits per heavy atom. The lowest BCUT2D eigenvalue weighted by Gasteiger charge is -2.45. The molecule has 1 aromatic rings. The standard InChI is InChI=1S/C20H28ClN3O3/c1-27-10-9-23-12-19(26)24(13-18(23)25)17-5-7-20(14-22,8-6-17)15-3-2-4-16(21)11-15/h2-4,11,17H,5-10,12-14,22H2,1H3/t17-,20+. The number of methoxy groups -OCH3 is 1. The zero-order valence-corrected chi connectivity index (χ0v) is 16.6. The van der Waals surface area contributed by atoms with Gasteiger partial charge in [-0.1, -0.05) is 23.7 Å². The van der Waals surface area contributed by atoms with Crippen molar-refractivity contribution in [1.29, 1.82) is 0 Å². The van der Waals surface area contributed by atoms with Crippen LogP contribution in [-0.2, 0) is 19.7 Å². The first-order chi connectivity index (χ1) is 13.0. The van der Waals surface area contributed by atoms with Gasteiger partial charge >= 0.3 is 0 Å². The third-order valence-electron chi connectivity index (χ3n) is 6.05. The van der Waals surface area contributed by atoms with Crippen molar-refractivity contribution in [2.45, 2.75) is 37.1 Å². The molecular formula is C20H28ClN3O3. The van der Waals surface area contributed by atoms with Gasteiger partial charge < -0.3 is 20.3 Å². The highest BCUT2D eigenvalue weighted by Crippen LogP contribution is 2.41. The molecule has 6 nitrogen and oxygen atoms in total. The molecule has 0 aromatic heterocycles. The molecule has 2 aliphatic rings. The normalized spacial score (nSPS) is 26.6. The summed E-state index contributed by atoms with van der Waals surface area (Å²) >= 11 is 6.17. The number of carbonyl (C=O) groups is 2. The molecule has 2 fully saturated rings. The number of ether oxygens (including phenoxy) is 1. The van der Waals surface area contributed by atoms with Gasteiger partial charge in [0.2, 0.25) is 11.8 Å². The zero-order chi connectivity index (χ0) is 19.4. The van der Waals surface area contributed by atoms with Crippen LogP contribution in [0.5, 0.6) is 0 Å². The van der Waals surface area contributed by atoms with Crippen molar-refractivity contribution in [1.82, 2.24) is 9.80 Å². The van der Waals surface area contributed by atoms with Gasteiger partial charge in [-0.15, -0.1) is 0 Å². The maximum absolute atomic E-state index is 12.6. The average molecular weight is 394 g/mol. The molecule has 0 bridgehead atoms. The molecule has 148 valence electrons. The van der Waals surface area contributed by atoms with E-state index < -0.39 is 0 Å². The van der Waals surface area contributed by atoms with Crippen LogP contribution in [0, 0.1) is 0 Å². The van der Waals surface area contributed by atoms with Crippen LogP contribution in [-0.4, -0.2) is 67.6 Å². The molecule has 0 atom stereocenters. The monoisotopic (exact) mass is 393 g/mol. The third-order valence-corrected chi connectivity index (χ3v) is 6.29. The number of hydrogen-bond acceptors (Lipinski definition) is 4. The summed E-state index contributed by atoms with van der Waals surface area (Å²) in [5.41, 5.74) is 7.23. The first-order valence-electron chi connectivity index (χ1n) is 9.51. The van der Waals surface area contributed by atoms with Gasteiger partial charge in [0.1, 0.15) is 6.54 Å². The van der Waals surface area contributed by atoms with Gasteiger partial charge in [0.05, 0.1) is 13.2 Å². The van der Waals surface area contributed by atoms with E-state index in [0.717, 1.165) is 30.7 Å². The summed E-state index contributed by atoms with van der Waals surface area (Å²) in [4.78, 5) is 28.3. The van der Waals surface area contributed by atoms with Gasteiger partial charge in [-0.25, -0.2) is 0 Å². The smallest absolute Gasteiger partial charge is 0.242 e. The van der Waals surface area contributed by atoms with Gasteiger partial charge in [0, 0.05) is 36.7 Å². The lowest BCUT2D eigenvalue weighted by Crippen LogP contribution is -2.58. The van der Waals surface area contributed by atoms with Gasteiger partial charge in [-0.3, -0.25) is 9.59 Å². The summed E-state index contributed by atoms with van der Waals surface area (Å²) < 4.78 is 5.02. The molecule has 1 saturated carbocycles. The minimum atomic E-state index is -0.102. The molecule has 1 aromatic carbocycles. The summed E-state index contributed by atoms with van der Waals surface area (Å²) in [6.45, 7) is 1.78. The molecular weight excluding hydrogens is 366 g/mol. The molecule has 1 aliphatic heterocycles. The fourth-order valence-corrected chi connectivity index (χ4v) is 4.50. The first-order valence-corrected chi connectivity index (χ1v) is 9.89. The van der Waals surface area contributed by atoms with Gasteiger partial charge in [-0.05, 0) is 43.4 Å². The van der Waals surface area contributed by atoms with Gasteiger partial charge in [0.15, 0.2) is 0 Å². The highest BCUT2D eigenvalue weighted by atomic mass is 35.5. The number of nitrogens with zero attached hydrogens (tertiary/aromatic N) is 2. The SMILES string of the molecule is COCCN1CC(=O)N([C@H]2CC[C@@](CN)(c3cccc(Cl)c3)CC2)CC1=O. The molecule has 1 saturated heterocycles. The van der Waals surface area contributed by atoms with E-state index in [1.165, 1.54) is 5.56 Å². The Morgan fingerprint density at radius 3 is 2.59 bits per heavy atom. The third kappa shape index (κ3) is 4.28. The van der Waals surface area contributed by atoms with Crippen molar-refractivity contribution in [2.75, 3.05) is 39.9 Å². The van der Waals surface area contributed by atoms with E-state index in [-0.39, 0.29) is 36.4 Å². The fourth-order valence-electron chi connectivity index (χ4n) is 4.31. The molecule has 7 heteroatoms. The summed E-state index contributed by atoms with van der Waals surface area (Å²) in [5, 5.41) is 0.718. The number of hydrogen-bond donors (Lipinski definition) is 1. The maximum atomic E-state index is 12.6. The average Bonchev–Trinajstić information content (AvgIpc) is 2.68. The minimum Gasteiger partial charge on any atom is -0.383 e. The van der Waals surface area contributed by atoms with Crippen molar-refractivity contribution in [3.8, 4) is 0 Å². The molecule has 0 spiro atoms. The summed E-state index contributed by atoms with van der Waals surface area (Å²) in [6.07, 6.45) is 3.47. The van der Waals surface area contributed by atoms with Gasteiger partial charge in [0.25, 0.3) is 0 Å². The van der Waals surface area contributed by atoms with Crippen molar-refractivity contribution >= 4 is 23.4 Å². The number of benzene rings is 1. The van der Waals surface area contributed by atoms with Crippen LogP contribution in [0.15, 0.2) is 24.3 Å². The van der Waals surface area contributed by atoms with Crippen LogP contribution >= 0.6 is 11.6 Å². The predicted octanol–water partition coefficient (Wildman–Crippen LogP) is 1.80. The Balaban J connectivity index is 1.65. The van der Waals surface area contributed by atoms with E-state index in [0.29, 0.717) is 19.7 Å². The van der Waals surface area contributed by atoms with Crippen molar-refractivity contribution in [3.05, 3.63) is 34.9 Å². The minimum absolute atomic E-state index is 0.00264. The van der Waals surface area contributed by atoms with Crippen LogP contribution in [0.3, 0.4) is 0 Å². The number of rotatable bonds is 6. The predicted molar refractivity (Wildman–Crippen MR) is 105 cm³/mol. The van der Waals surface area contributed by atoms with E-state index in [1.807, 2.05) is 18.2 Å². The van der Waals surface area contributed by atoms with Crippen LogP contribution in [0.1, 0.15) is 31.2 Å². The van der Waals surface area contributed by atoms with E-state index in [9.17, 15) is 9.59 Å². The Kier molecular flexibility index (Phi) is 6.40. The number of carbonyl (C=O) groups excluding carboxylic acids is 2. The molecule has 0 unspecified atom stereocenters. The number of nitrogens with two attached hydrogens (primary N) is 1. The summed E-state index contributed by atoms with van der Waals surface area (Å²) in [6, 6.07) is 8.02. The van der Waals surface area contributed by atoms with Crippen LogP contribution in [0.25, 0.3) is 0 Å². The largest absolute Gasteiger partial charge is 0.383 e. The number of amides is 2. The van der Waals surface area contributed by atoms with Crippen LogP contribution < -0.4 is 5.73 Å². The summed E-state index contributed by atoms with van der Waals surface area (Å²) in [5.74, 6) is 0.0239. The molecule has 1 aliphatic carbocycles. The van der Waals surface area contributed by atoms with E-state index in [1.54, 1.807) is 16.9 Å². The topological polar surface area (TPSA) is 75.9 Å². The zero-order valence-electron chi connectivity index (χ0n) is 15.8. The highest BCUT2D eigenvalue weighted by Gasteiger charge is 2.41. The molecule has 2 N–H and O–H groups in total. The molecule has 2 amide bonds. The van der Waals surface area contributed by atoms with Crippen molar-refractivity contribution < 1.29 is 14.3 Å². The fraction of sp³-hybridized carbons (Fsp3) is 0.600. The van der Waals surface area contributed by atoms with Gasteiger partial charge in [-0.2, -0.15) is 0 Å². The van der Waals surface area contributed by atoms with Crippen molar-refractivity contribution in [3.63, 3.8) is 0 Å². The Labute approximate surface area is 165 Å². The molecule has 1 heterocycles. The van der Waals surface area contributed by atoms with E-state index in [2.05, 4.69) is 6.07 Å². The number of halogens is 1. The molecule has 0 radical (unpaired) electrons. The first kappa shape index (κ1) is 20.1. The van der Waals surface area contributed by atoms with E-state index >= 15 is 0 Å². The Bertz CT molecular complexity index is 689.